The number of anilines is 1. The van der Waals surface area contributed by atoms with Crippen molar-refractivity contribution in [2.75, 3.05) is 11.9 Å². The number of fused-ring (bicyclic) bond motifs is 1. The molecule has 90 valence electrons. The maximum Gasteiger partial charge on any atom is 0.182 e. The van der Waals surface area contributed by atoms with Crippen LogP contribution in [0.5, 0.6) is 0 Å². The lowest BCUT2D eigenvalue weighted by Crippen LogP contribution is -2.13. The van der Waals surface area contributed by atoms with Crippen LogP contribution in [0.1, 0.15) is 19.3 Å². The number of nitrogens with zero attached hydrogens (tertiary/aromatic N) is 3. The lowest BCUT2D eigenvalue weighted by molar-refractivity contribution is 0.178. The van der Waals surface area contributed by atoms with E-state index in [1.54, 1.807) is 6.33 Å². The van der Waals surface area contributed by atoms with Gasteiger partial charge in [0, 0.05) is 6.54 Å². The average molecular weight is 233 g/mol. The van der Waals surface area contributed by atoms with Gasteiger partial charge in [0.25, 0.3) is 0 Å². The largest absolute Gasteiger partial charge is 0.393 e. The van der Waals surface area contributed by atoms with E-state index in [0.29, 0.717) is 11.6 Å². The Hall–Kier alpha value is -1.69. The molecule has 3 rings (SSSR count). The molecule has 0 amide bonds. The van der Waals surface area contributed by atoms with E-state index in [4.69, 9.17) is 0 Å². The number of aliphatic hydroxyl groups excluding tert-OH is 1. The van der Waals surface area contributed by atoms with E-state index >= 15 is 0 Å². The Morgan fingerprint density at radius 2 is 2.29 bits per heavy atom. The van der Waals surface area contributed by atoms with E-state index in [9.17, 15) is 5.11 Å². The minimum atomic E-state index is -0.126. The molecule has 3 N–H and O–H groups in total. The number of hydrogen-bond acceptors (Lipinski definition) is 5. The fourth-order valence-electron chi connectivity index (χ4n) is 2.37. The lowest BCUT2D eigenvalue weighted by Gasteiger charge is -2.11. The number of aromatic amines is 1. The highest BCUT2D eigenvalue weighted by Gasteiger charge is 2.22. The summed E-state index contributed by atoms with van der Waals surface area (Å²) in [6, 6.07) is 0. The zero-order valence-corrected chi connectivity index (χ0v) is 9.43. The molecule has 1 fully saturated rings. The standard InChI is InChI=1S/C11H15N5O/c17-8-2-1-7(3-8)4-12-10-9-11(14-5-13-9)16-6-15-10/h5-8,17H,1-4H2,(H2,12,13,14,15,16). The molecule has 1 aliphatic rings. The van der Waals surface area contributed by atoms with Crippen LogP contribution in [0.25, 0.3) is 11.2 Å². The summed E-state index contributed by atoms with van der Waals surface area (Å²) in [7, 11) is 0. The van der Waals surface area contributed by atoms with Gasteiger partial charge < -0.3 is 15.4 Å². The Morgan fingerprint density at radius 1 is 1.35 bits per heavy atom. The van der Waals surface area contributed by atoms with Gasteiger partial charge in [-0.05, 0) is 25.2 Å². The second kappa shape index (κ2) is 4.29. The van der Waals surface area contributed by atoms with Crippen LogP contribution in [0.3, 0.4) is 0 Å². The first-order chi connectivity index (χ1) is 8.33. The fraction of sp³-hybridized carbons (Fsp3) is 0.545. The molecule has 6 nitrogen and oxygen atoms in total. The molecule has 0 aliphatic heterocycles. The van der Waals surface area contributed by atoms with Crippen LogP contribution in [0.2, 0.25) is 0 Å². The highest BCUT2D eigenvalue weighted by molar-refractivity contribution is 5.81. The first-order valence-corrected chi connectivity index (χ1v) is 5.89. The highest BCUT2D eigenvalue weighted by atomic mass is 16.3. The fourth-order valence-corrected chi connectivity index (χ4v) is 2.37. The third-order valence-electron chi connectivity index (χ3n) is 3.29. The SMILES string of the molecule is OC1CCC(CNc2ncnc3nc[nH]c23)C1. The summed E-state index contributed by atoms with van der Waals surface area (Å²) in [6.45, 7) is 0.836. The molecule has 2 aromatic heterocycles. The summed E-state index contributed by atoms with van der Waals surface area (Å²) in [6.07, 6.45) is 5.86. The minimum Gasteiger partial charge on any atom is -0.393 e. The van der Waals surface area contributed by atoms with E-state index in [0.717, 1.165) is 37.1 Å². The van der Waals surface area contributed by atoms with Gasteiger partial charge in [-0.2, -0.15) is 0 Å². The number of aliphatic hydroxyl groups is 1. The molecular weight excluding hydrogens is 218 g/mol. The summed E-state index contributed by atoms with van der Waals surface area (Å²) in [5.41, 5.74) is 1.51. The number of hydrogen-bond donors (Lipinski definition) is 3. The predicted molar refractivity (Wildman–Crippen MR) is 63.5 cm³/mol. The molecule has 0 saturated heterocycles. The molecule has 0 radical (unpaired) electrons. The molecule has 2 heterocycles. The number of imidazole rings is 1. The van der Waals surface area contributed by atoms with Crippen molar-refractivity contribution in [3.8, 4) is 0 Å². The van der Waals surface area contributed by atoms with Crippen LogP contribution in [0.4, 0.5) is 5.82 Å². The first-order valence-electron chi connectivity index (χ1n) is 5.89. The number of rotatable bonds is 3. The van der Waals surface area contributed by atoms with E-state index in [2.05, 4.69) is 25.3 Å². The second-order valence-corrected chi connectivity index (χ2v) is 4.54. The van der Waals surface area contributed by atoms with Crippen molar-refractivity contribution in [3.05, 3.63) is 12.7 Å². The van der Waals surface area contributed by atoms with Crippen molar-refractivity contribution >= 4 is 17.0 Å². The van der Waals surface area contributed by atoms with Gasteiger partial charge in [-0.1, -0.05) is 0 Å². The minimum absolute atomic E-state index is 0.126. The van der Waals surface area contributed by atoms with E-state index in [1.165, 1.54) is 6.33 Å². The van der Waals surface area contributed by atoms with Crippen LogP contribution < -0.4 is 5.32 Å². The summed E-state index contributed by atoms with van der Waals surface area (Å²) < 4.78 is 0. The Bertz CT molecular complexity index is 511. The molecule has 2 atom stereocenters. The van der Waals surface area contributed by atoms with Crippen LogP contribution in [0, 0.1) is 5.92 Å². The third kappa shape index (κ3) is 2.08. The zero-order chi connectivity index (χ0) is 11.7. The third-order valence-corrected chi connectivity index (χ3v) is 3.29. The summed E-state index contributed by atoms with van der Waals surface area (Å²) in [4.78, 5) is 15.4. The molecular formula is C11H15N5O. The molecule has 1 saturated carbocycles. The normalized spacial score (nSPS) is 24.3. The maximum absolute atomic E-state index is 9.47. The summed E-state index contributed by atoms with van der Waals surface area (Å²) >= 11 is 0. The van der Waals surface area contributed by atoms with Crippen LogP contribution in [0.15, 0.2) is 12.7 Å². The van der Waals surface area contributed by atoms with Crippen molar-refractivity contribution in [2.24, 2.45) is 5.92 Å². The molecule has 0 bridgehead atoms. The molecule has 0 aromatic carbocycles. The Morgan fingerprint density at radius 3 is 3.12 bits per heavy atom. The summed E-state index contributed by atoms with van der Waals surface area (Å²) in [5.74, 6) is 1.31. The average Bonchev–Trinajstić information content (AvgIpc) is 2.94. The lowest BCUT2D eigenvalue weighted by atomic mass is 10.1. The molecule has 2 unspecified atom stereocenters. The highest BCUT2D eigenvalue weighted by Crippen LogP contribution is 2.26. The molecule has 17 heavy (non-hydrogen) atoms. The van der Waals surface area contributed by atoms with E-state index in [-0.39, 0.29) is 6.10 Å². The van der Waals surface area contributed by atoms with Crippen molar-refractivity contribution in [1.29, 1.82) is 0 Å². The van der Waals surface area contributed by atoms with Crippen LogP contribution in [-0.2, 0) is 0 Å². The van der Waals surface area contributed by atoms with Gasteiger partial charge in [-0.3, -0.25) is 0 Å². The number of aromatic nitrogens is 4. The van der Waals surface area contributed by atoms with Gasteiger partial charge >= 0.3 is 0 Å². The zero-order valence-electron chi connectivity index (χ0n) is 9.43. The monoisotopic (exact) mass is 233 g/mol. The van der Waals surface area contributed by atoms with Gasteiger partial charge in [0.15, 0.2) is 11.5 Å². The Balaban J connectivity index is 1.70. The van der Waals surface area contributed by atoms with E-state index < -0.39 is 0 Å². The molecule has 6 heteroatoms. The predicted octanol–water partition coefficient (Wildman–Crippen LogP) is 0.926. The molecule has 1 aliphatic carbocycles. The Labute approximate surface area is 98.5 Å². The number of H-pyrrole nitrogens is 1. The van der Waals surface area contributed by atoms with Gasteiger partial charge in [-0.25, -0.2) is 15.0 Å². The van der Waals surface area contributed by atoms with Gasteiger partial charge in [-0.15, -0.1) is 0 Å². The summed E-state index contributed by atoms with van der Waals surface area (Å²) in [5, 5.41) is 12.8. The number of nitrogens with one attached hydrogen (secondary N) is 2. The molecule has 2 aromatic rings. The van der Waals surface area contributed by atoms with Crippen molar-refractivity contribution in [3.63, 3.8) is 0 Å². The maximum atomic E-state index is 9.47. The van der Waals surface area contributed by atoms with E-state index in [1.807, 2.05) is 0 Å². The quantitative estimate of drug-likeness (QED) is 0.734. The van der Waals surface area contributed by atoms with Gasteiger partial charge in [0.05, 0.1) is 12.4 Å². The topological polar surface area (TPSA) is 86.7 Å². The van der Waals surface area contributed by atoms with Crippen molar-refractivity contribution in [2.45, 2.75) is 25.4 Å². The van der Waals surface area contributed by atoms with Crippen LogP contribution >= 0.6 is 0 Å². The smallest absolute Gasteiger partial charge is 0.182 e. The first kappa shape index (κ1) is 10.5. The van der Waals surface area contributed by atoms with Crippen molar-refractivity contribution in [1.82, 2.24) is 19.9 Å². The van der Waals surface area contributed by atoms with Gasteiger partial charge in [0.2, 0.25) is 0 Å². The van der Waals surface area contributed by atoms with Crippen molar-refractivity contribution < 1.29 is 5.11 Å². The Kier molecular flexibility index (Phi) is 2.64. The molecule has 0 spiro atoms. The van der Waals surface area contributed by atoms with Crippen LogP contribution in [-0.4, -0.2) is 37.7 Å². The second-order valence-electron chi connectivity index (χ2n) is 4.54. The van der Waals surface area contributed by atoms with Gasteiger partial charge in [0.1, 0.15) is 11.8 Å².